The molecule has 2 aromatic rings. The predicted octanol–water partition coefficient (Wildman–Crippen LogP) is 5.13. The Morgan fingerprint density at radius 2 is 1.61 bits per heavy atom. The number of anilines is 2. The molecular weight excluding hydrogens is 426 g/mol. The normalized spacial score (nSPS) is 15.7. The van der Waals surface area contributed by atoms with Crippen LogP contribution in [0, 0.1) is 0 Å². The number of halogens is 6. The van der Waals surface area contributed by atoms with Crippen molar-refractivity contribution in [3.05, 3.63) is 65.7 Å². The summed E-state index contributed by atoms with van der Waals surface area (Å²) in [5, 5.41) is 1.94. The molecule has 0 radical (unpaired) electrons. The van der Waals surface area contributed by atoms with Crippen molar-refractivity contribution in [2.45, 2.75) is 12.4 Å². The first-order valence-electron chi connectivity index (χ1n) is 9.25. The third-order valence-electron chi connectivity index (χ3n) is 4.61. The largest absolute Gasteiger partial charge is 0.418 e. The molecular formula is C21H18F6N2O2. The number of allylic oxidation sites excluding steroid dienone is 1. The van der Waals surface area contributed by atoms with Gasteiger partial charge in [0, 0.05) is 24.9 Å². The molecule has 1 aliphatic heterocycles. The number of benzene rings is 2. The fourth-order valence-corrected chi connectivity index (χ4v) is 3.14. The molecule has 1 fully saturated rings. The van der Waals surface area contributed by atoms with E-state index in [1.54, 1.807) is 4.90 Å². The molecule has 0 bridgehead atoms. The van der Waals surface area contributed by atoms with Crippen LogP contribution in [-0.4, -0.2) is 38.4 Å². The number of morpholine rings is 1. The molecule has 0 atom stereocenters. The second-order valence-corrected chi connectivity index (χ2v) is 6.74. The molecule has 31 heavy (non-hydrogen) atoms. The summed E-state index contributed by atoms with van der Waals surface area (Å²) in [6.07, 6.45) is -9.43. The molecule has 1 aliphatic rings. The van der Waals surface area contributed by atoms with Crippen LogP contribution < -0.4 is 10.2 Å². The average Bonchev–Trinajstić information content (AvgIpc) is 2.72. The van der Waals surface area contributed by atoms with Crippen LogP contribution in [0.1, 0.15) is 11.1 Å². The average molecular weight is 444 g/mol. The zero-order valence-electron chi connectivity index (χ0n) is 16.1. The number of alkyl halides is 6. The molecule has 0 unspecified atom stereocenters. The maximum atomic E-state index is 13.6. The number of nitrogens with one attached hydrogen (secondary N) is 1. The van der Waals surface area contributed by atoms with E-state index in [-0.39, 0.29) is 17.3 Å². The molecule has 2 aromatic carbocycles. The minimum Gasteiger partial charge on any atom is -0.378 e. The Balaban J connectivity index is 1.91. The lowest BCUT2D eigenvalue weighted by Gasteiger charge is -2.29. The van der Waals surface area contributed by atoms with Gasteiger partial charge in [0.15, 0.2) is 0 Å². The third kappa shape index (κ3) is 5.78. The first-order chi connectivity index (χ1) is 14.6. The lowest BCUT2D eigenvalue weighted by molar-refractivity contribution is -0.136. The molecule has 0 aromatic heterocycles. The number of nitrogens with zero attached hydrogens (tertiary/aromatic N) is 1. The van der Waals surface area contributed by atoms with Crippen molar-refractivity contribution >= 4 is 22.9 Å². The molecule has 10 heteroatoms. The Hall–Kier alpha value is -3.01. The van der Waals surface area contributed by atoms with E-state index in [9.17, 15) is 31.1 Å². The summed E-state index contributed by atoms with van der Waals surface area (Å²) in [6, 6.07) is 9.82. The maximum Gasteiger partial charge on any atom is 0.418 e. The number of amides is 1. The van der Waals surface area contributed by atoms with Gasteiger partial charge in [0.1, 0.15) is 0 Å². The van der Waals surface area contributed by atoms with Crippen molar-refractivity contribution in [1.29, 1.82) is 0 Å². The minimum atomic E-state index is -4.87. The molecule has 4 nitrogen and oxygen atoms in total. The van der Waals surface area contributed by atoms with Crippen LogP contribution in [0.25, 0.3) is 5.57 Å². The van der Waals surface area contributed by atoms with Crippen molar-refractivity contribution in [3.63, 3.8) is 0 Å². The molecule has 1 saturated heterocycles. The zero-order valence-corrected chi connectivity index (χ0v) is 16.1. The van der Waals surface area contributed by atoms with Crippen LogP contribution in [0.3, 0.4) is 0 Å². The van der Waals surface area contributed by atoms with E-state index in [0.717, 1.165) is 24.3 Å². The number of hydrogen-bond acceptors (Lipinski definition) is 3. The van der Waals surface area contributed by atoms with Crippen molar-refractivity contribution < 1.29 is 35.9 Å². The Labute approximate surface area is 174 Å². The second kappa shape index (κ2) is 9.01. The Kier molecular flexibility index (Phi) is 6.59. The number of carbonyl (C=O) groups is 1. The van der Waals surface area contributed by atoms with Crippen molar-refractivity contribution in [1.82, 2.24) is 0 Å². The van der Waals surface area contributed by atoms with Gasteiger partial charge in [-0.25, -0.2) is 0 Å². The topological polar surface area (TPSA) is 41.6 Å². The van der Waals surface area contributed by atoms with Gasteiger partial charge in [0.05, 0.1) is 30.0 Å². The summed E-state index contributed by atoms with van der Waals surface area (Å²) in [5.41, 5.74) is -3.02. The fraction of sp³-hybridized carbons (Fsp3) is 0.286. The molecule has 0 aliphatic carbocycles. The monoisotopic (exact) mass is 444 g/mol. The van der Waals surface area contributed by atoms with E-state index in [2.05, 4.69) is 0 Å². The van der Waals surface area contributed by atoms with Crippen LogP contribution in [0.5, 0.6) is 0 Å². The van der Waals surface area contributed by atoms with Gasteiger partial charge >= 0.3 is 12.4 Å². The minimum absolute atomic E-state index is 0.255. The van der Waals surface area contributed by atoms with E-state index >= 15 is 0 Å². The highest BCUT2D eigenvalue weighted by atomic mass is 19.4. The van der Waals surface area contributed by atoms with Gasteiger partial charge in [-0.3, -0.25) is 4.79 Å². The quantitative estimate of drug-likeness (QED) is 0.526. The van der Waals surface area contributed by atoms with Gasteiger partial charge in [0.2, 0.25) is 5.91 Å². The highest BCUT2D eigenvalue weighted by molar-refractivity contribution is 6.05. The van der Waals surface area contributed by atoms with E-state index < -0.39 is 35.1 Å². The van der Waals surface area contributed by atoms with Gasteiger partial charge in [-0.15, -0.1) is 0 Å². The van der Waals surface area contributed by atoms with Gasteiger partial charge in [-0.05, 0) is 23.8 Å². The third-order valence-corrected chi connectivity index (χ3v) is 4.61. The lowest BCUT2D eigenvalue weighted by Crippen LogP contribution is -2.36. The van der Waals surface area contributed by atoms with E-state index in [1.165, 1.54) is 24.3 Å². The molecule has 0 saturated carbocycles. The summed E-state index contributed by atoms with van der Waals surface area (Å²) < 4.78 is 86.1. The van der Waals surface area contributed by atoms with E-state index in [1.807, 2.05) is 5.32 Å². The second-order valence-electron chi connectivity index (χ2n) is 6.74. The molecule has 3 rings (SSSR count). The summed E-state index contributed by atoms with van der Waals surface area (Å²) in [4.78, 5) is 13.9. The number of carbonyl (C=O) groups excluding carboxylic acids is 1. The highest BCUT2D eigenvalue weighted by Crippen LogP contribution is 2.38. The van der Waals surface area contributed by atoms with E-state index in [4.69, 9.17) is 4.74 Å². The van der Waals surface area contributed by atoms with E-state index in [0.29, 0.717) is 26.3 Å². The molecule has 166 valence electrons. The van der Waals surface area contributed by atoms with Gasteiger partial charge in [-0.2, -0.15) is 26.3 Å². The Morgan fingerprint density at radius 1 is 0.968 bits per heavy atom. The van der Waals surface area contributed by atoms with Crippen LogP contribution in [0.4, 0.5) is 37.7 Å². The smallest absolute Gasteiger partial charge is 0.378 e. The summed E-state index contributed by atoms with van der Waals surface area (Å²) in [5.74, 6) is -1.32. The number of ether oxygens (including phenoxy) is 1. The standard InChI is InChI=1S/C21H18F6N2O2/c22-20(23,24)16(14-4-2-1-3-5-14)13-19(30)28-18-7-6-15(12-17(18)21(25,26)27)29-8-10-31-11-9-29/h1-7,12-13H,8-11H2,(H,28,30)/b16-13+. The SMILES string of the molecule is O=C(/C=C(\c1ccccc1)C(F)(F)F)Nc1ccc(N2CCOCC2)cc1C(F)(F)F. The van der Waals surface area contributed by atoms with Gasteiger partial charge in [0.25, 0.3) is 0 Å². The number of hydrogen-bond donors (Lipinski definition) is 1. The highest BCUT2D eigenvalue weighted by Gasteiger charge is 2.37. The van der Waals surface area contributed by atoms with Crippen LogP contribution in [0.15, 0.2) is 54.6 Å². The van der Waals surface area contributed by atoms with Crippen LogP contribution >= 0.6 is 0 Å². The zero-order chi connectivity index (χ0) is 22.6. The first kappa shape index (κ1) is 22.7. The predicted molar refractivity (Wildman–Crippen MR) is 104 cm³/mol. The van der Waals surface area contributed by atoms with Crippen LogP contribution in [0.2, 0.25) is 0 Å². The van der Waals surface area contributed by atoms with Crippen molar-refractivity contribution in [2.24, 2.45) is 0 Å². The Bertz CT molecular complexity index is 949. The summed E-state index contributed by atoms with van der Waals surface area (Å²) in [7, 11) is 0. The summed E-state index contributed by atoms with van der Waals surface area (Å²) in [6.45, 7) is 1.53. The van der Waals surface area contributed by atoms with Crippen molar-refractivity contribution in [3.8, 4) is 0 Å². The maximum absolute atomic E-state index is 13.6. The molecule has 1 heterocycles. The van der Waals surface area contributed by atoms with Crippen molar-refractivity contribution in [2.75, 3.05) is 36.5 Å². The molecule has 1 N–H and O–H groups in total. The molecule has 1 amide bonds. The number of rotatable bonds is 4. The van der Waals surface area contributed by atoms with Crippen LogP contribution in [-0.2, 0) is 15.7 Å². The van der Waals surface area contributed by atoms with Gasteiger partial charge in [-0.1, -0.05) is 30.3 Å². The van der Waals surface area contributed by atoms with Gasteiger partial charge < -0.3 is 15.0 Å². The Morgan fingerprint density at radius 3 is 2.19 bits per heavy atom. The fourth-order valence-electron chi connectivity index (χ4n) is 3.14. The molecule has 0 spiro atoms. The summed E-state index contributed by atoms with van der Waals surface area (Å²) >= 11 is 0. The lowest BCUT2D eigenvalue weighted by atomic mass is 10.0. The first-order valence-corrected chi connectivity index (χ1v) is 9.25.